The zero-order chi connectivity index (χ0) is 18.9. The summed E-state index contributed by atoms with van der Waals surface area (Å²) in [4.78, 5) is 2.12. The van der Waals surface area contributed by atoms with Gasteiger partial charge in [0.05, 0.1) is 5.69 Å². The van der Waals surface area contributed by atoms with Gasteiger partial charge in [0.2, 0.25) is 0 Å². The smallest absolute Gasteiger partial charge is 0.368 e. The molecular weight excluding hydrogens is 345 g/mol. The van der Waals surface area contributed by atoms with Crippen LogP contribution in [0.1, 0.15) is 32.2 Å². The van der Waals surface area contributed by atoms with Gasteiger partial charge in [-0.2, -0.15) is 18.3 Å². The highest BCUT2D eigenvalue weighted by molar-refractivity contribution is 5.42. The molecule has 0 unspecified atom stereocenters. The molecule has 2 aromatic heterocycles. The molecule has 0 amide bonds. The first-order valence-corrected chi connectivity index (χ1v) is 8.37. The van der Waals surface area contributed by atoms with Crippen molar-refractivity contribution < 1.29 is 13.2 Å². The van der Waals surface area contributed by atoms with E-state index >= 15 is 0 Å². The summed E-state index contributed by atoms with van der Waals surface area (Å²) in [6.45, 7) is 8.50. The van der Waals surface area contributed by atoms with E-state index in [0.717, 1.165) is 30.7 Å². The number of rotatable bonds is 4. The van der Waals surface area contributed by atoms with E-state index in [4.69, 9.17) is 0 Å². The fourth-order valence-corrected chi connectivity index (χ4v) is 2.61. The number of hydrogen-bond donors (Lipinski definition) is 1. The SMILES string of the molecule is CC(C)(C)c1ccc(N2CC(CNc3ccc(C(F)(F)F)nn3)C2)nn1. The van der Waals surface area contributed by atoms with Gasteiger partial charge in [0.25, 0.3) is 0 Å². The van der Waals surface area contributed by atoms with Crippen LogP contribution >= 0.6 is 0 Å². The minimum absolute atomic E-state index is 0.0321. The van der Waals surface area contributed by atoms with Crippen LogP contribution in [0.25, 0.3) is 0 Å². The van der Waals surface area contributed by atoms with Gasteiger partial charge in [-0.05, 0) is 24.3 Å². The highest BCUT2D eigenvalue weighted by Gasteiger charge is 2.33. The second-order valence-electron chi connectivity index (χ2n) is 7.48. The molecule has 1 saturated heterocycles. The summed E-state index contributed by atoms with van der Waals surface area (Å²) < 4.78 is 37.4. The van der Waals surface area contributed by atoms with Crippen molar-refractivity contribution in [2.45, 2.75) is 32.4 Å². The van der Waals surface area contributed by atoms with E-state index in [1.54, 1.807) is 0 Å². The number of nitrogens with zero attached hydrogens (tertiary/aromatic N) is 5. The molecule has 140 valence electrons. The Morgan fingerprint density at radius 2 is 1.62 bits per heavy atom. The maximum atomic E-state index is 12.5. The van der Waals surface area contributed by atoms with E-state index in [2.05, 4.69) is 51.4 Å². The van der Waals surface area contributed by atoms with Crippen molar-refractivity contribution in [2.75, 3.05) is 29.9 Å². The van der Waals surface area contributed by atoms with Crippen molar-refractivity contribution in [2.24, 2.45) is 5.92 Å². The predicted molar refractivity (Wildman–Crippen MR) is 92.0 cm³/mol. The van der Waals surface area contributed by atoms with Crippen molar-refractivity contribution in [3.63, 3.8) is 0 Å². The third-order valence-electron chi connectivity index (χ3n) is 4.23. The van der Waals surface area contributed by atoms with Crippen molar-refractivity contribution in [3.05, 3.63) is 35.7 Å². The van der Waals surface area contributed by atoms with Gasteiger partial charge in [-0.25, -0.2) is 0 Å². The molecule has 6 nitrogen and oxygen atoms in total. The summed E-state index contributed by atoms with van der Waals surface area (Å²) >= 11 is 0. The lowest BCUT2D eigenvalue weighted by molar-refractivity contribution is -0.141. The lowest BCUT2D eigenvalue weighted by Crippen LogP contribution is -2.50. The Labute approximate surface area is 149 Å². The summed E-state index contributed by atoms with van der Waals surface area (Å²) in [5.41, 5.74) is -0.0775. The maximum Gasteiger partial charge on any atom is 0.435 e. The molecule has 26 heavy (non-hydrogen) atoms. The summed E-state index contributed by atoms with van der Waals surface area (Å²) in [6, 6.07) is 6.18. The minimum Gasteiger partial charge on any atom is -0.368 e. The Hall–Kier alpha value is -2.45. The lowest BCUT2D eigenvalue weighted by Gasteiger charge is -2.40. The first-order chi connectivity index (χ1) is 12.1. The van der Waals surface area contributed by atoms with Gasteiger partial charge in [-0.1, -0.05) is 20.8 Å². The quantitative estimate of drug-likeness (QED) is 0.897. The van der Waals surface area contributed by atoms with Crippen LogP contribution in [0.2, 0.25) is 0 Å². The standard InChI is InChI=1S/C17H21F3N6/c1-16(2,3)12-5-7-15(25-22-12)26-9-11(10-26)8-21-14-6-4-13(23-24-14)17(18,19)20/h4-7,11H,8-10H2,1-3H3,(H,21,24). The molecule has 0 spiro atoms. The van der Waals surface area contributed by atoms with Crippen LogP contribution in [0, 0.1) is 5.92 Å². The molecule has 3 heterocycles. The molecule has 1 aliphatic heterocycles. The molecule has 0 radical (unpaired) electrons. The Morgan fingerprint density at radius 1 is 0.962 bits per heavy atom. The van der Waals surface area contributed by atoms with Crippen LogP contribution in [0.5, 0.6) is 0 Å². The molecule has 0 bridgehead atoms. The highest BCUT2D eigenvalue weighted by Crippen LogP contribution is 2.28. The number of anilines is 2. The second-order valence-corrected chi connectivity index (χ2v) is 7.48. The molecule has 1 fully saturated rings. The fourth-order valence-electron chi connectivity index (χ4n) is 2.61. The van der Waals surface area contributed by atoms with Crippen LogP contribution in [-0.4, -0.2) is 40.0 Å². The Balaban J connectivity index is 1.47. The molecule has 3 rings (SSSR count). The first-order valence-electron chi connectivity index (χ1n) is 8.37. The molecule has 0 saturated carbocycles. The van der Waals surface area contributed by atoms with E-state index < -0.39 is 11.9 Å². The van der Waals surface area contributed by atoms with Crippen molar-refractivity contribution >= 4 is 11.6 Å². The van der Waals surface area contributed by atoms with Gasteiger partial charge < -0.3 is 10.2 Å². The zero-order valence-corrected chi connectivity index (χ0v) is 14.9. The van der Waals surface area contributed by atoms with Crippen LogP contribution in [0.3, 0.4) is 0 Å². The molecular formula is C17H21F3N6. The average molecular weight is 366 g/mol. The van der Waals surface area contributed by atoms with Crippen LogP contribution in [0.15, 0.2) is 24.3 Å². The van der Waals surface area contributed by atoms with Crippen LogP contribution < -0.4 is 10.2 Å². The first kappa shape index (κ1) is 18.3. The topological polar surface area (TPSA) is 66.8 Å². The largest absolute Gasteiger partial charge is 0.435 e. The molecule has 9 heteroatoms. The zero-order valence-electron chi connectivity index (χ0n) is 14.9. The van der Waals surface area contributed by atoms with Crippen LogP contribution in [0.4, 0.5) is 24.8 Å². The van der Waals surface area contributed by atoms with Gasteiger partial charge in [-0.15, -0.1) is 15.3 Å². The monoisotopic (exact) mass is 366 g/mol. The molecule has 1 N–H and O–H groups in total. The van der Waals surface area contributed by atoms with E-state index in [-0.39, 0.29) is 5.41 Å². The number of hydrogen-bond acceptors (Lipinski definition) is 6. The van der Waals surface area contributed by atoms with E-state index in [0.29, 0.717) is 18.3 Å². The highest BCUT2D eigenvalue weighted by atomic mass is 19.4. The maximum absolute atomic E-state index is 12.5. The summed E-state index contributed by atoms with van der Waals surface area (Å²) in [5, 5.41) is 18.3. The summed E-state index contributed by atoms with van der Waals surface area (Å²) in [6.07, 6.45) is -4.47. The van der Waals surface area contributed by atoms with E-state index in [9.17, 15) is 13.2 Å². The van der Waals surface area contributed by atoms with Gasteiger partial charge in [-0.3, -0.25) is 0 Å². The van der Waals surface area contributed by atoms with Crippen molar-refractivity contribution in [1.29, 1.82) is 0 Å². The summed E-state index contributed by atoms with van der Waals surface area (Å²) in [5.74, 6) is 1.54. The average Bonchev–Trinajstić information content (AvgIpc) is 2.52. The van der Waals surface area contributed by atoms with Gasteiger partial charge >= 0.3 is 6.18 Å². The minimum atomic E-state index is -4.47. The summed E-state index contributed by atoms with van der Waals surface area (Å²) in [7, 11) is 0. The Morgan fingerprint density at radius 3 is 2.12 bits per heavy atom. The van der Waals surface area contributed by atoms with Gasteiger partial charge in [0.15, 0.2) is 11.5 Å². The molecule has 0 atom stereocenters. The molecule has 2 aromatic rings. The van der Waals surface area contributed by atoms with Crippen molar-refractivity contribution in [1.82, 2.24) is 20.4 Å². The van der Waals surface area contributed by atoms with Crippen molar-refractivity contribution in [3.8, 4) is 0 Å². The second kappa shape index (κ2) is 6.69. The predicted octanol–water partition coefficient (Wildman–Crippen LogP) is 3.13. The normalized spacial score (nSPS) is 15.7. The molecule has 0 aromatic carbocycles. The fraction of sp³-hybridized carbons (Fsp3) is 0.529. The third-order valence-corrected chi connectivity index (χ3v) is 4.23. The van der Waals surface area contributed by atoms with Crippen LogP contribution in [-0.2, 0) is 11.6 Å². The van der Waals surface area contributed by atoms with Gasteiger partial charge in [0.1, 0.15) is 5.82 Å². The number of alkyl halides is 3. The molecule has 1 aliphatic rings. The van der Waals surface area contributed by atoms with E-state index in [1.807, 2.05) is 12.1 Å². The number of halogens is 3. The third kappa shape index (κ3) is 4.20. The number of aromatic nitrogens is 4. The Bertz CT molecular complexity index is 728. The Kier molecular flexibility index (Phi) is 4.72. The number of nitrogens with one attached hydrogen (secondary N) is 1. The molecule has 0 aliphatic carbocycles. The van der Waals surface area contributed by atoms with E-state index in [1.165, 1.54) is 6.07 Å². The van der Waals surface area contributed by atoms with Gasteiger partial charge in [0, 0.05) is 31.0 Å². The lowest BCUT2D eigenvalue weighted by atomic mass is 9.92.